The summed E-state index contributed by atoms with van der Waals surface area (Å²) in [5, 5.41) is 12.9. The molecule has 2 aromatic heterocycles. The van der Waals surface area contributed by atoms with Crippen LogP contribution in [0.2, 0.25) is 0 Å². The Morgan fingerprint density at radius 2 is 2.50 bits per heavy atom. The van der Waals surface area contributed by atoms with Crippen LogP contribution in [0.5, 0.6) is 0 Å². The highest BCUT2D eigenvalue weighted by molar-refractivity contribution is 5.72. The Morgan fingerprint density at radius 3 is 3.19 bits per heavy atom. The molecular weight excluding hydrogens is 210 g/mol. The normalized spacial score (nSPS) is 12.8. The molecule has 1 atom stereocenters. The van der Waals surface area contributed by atoms with Gasteiger partial charge in [0.15, 0.2) is 11.8 Å². The van der Waals surface area contributed by atoms with Crippen molar-refractivity contribution in [1.82, 2.24) is 14.6 Å². The molecule has 6 heteroatoms. The molecule has 0 aliphatic heterocycles. The second-order valence-electron chi connectivity index (χ2n) is 3.36. The van der Waals surface area contributed by atoms with Crippen LogP contribution >= 0.6 is 0 Å². The number of rotatable bonds is 4. The Bertz CT molecular complexity index is 509. The maximum Gasteiger partial charge on any atom is 0.333 e. The largest absolute Gasteiger partial charge is 0.479 e. The number of aliphatic carboxylic acids is 1. The van der Waals surface area contributed by atoms with Gasteiger partial charge in [-0.1, -0.05) is 0 Å². The number of ether oxygens (including phenoxy) is 1. The molecule has 6 nitrogen and oxygen atoms in total. The molecule has 0 bridgehead atoms. The first-order chi connectivity index (χ1) is 7.70. The molecule has 84 valence electrons. The van der Waals surface area contributed by atoms with E-state index in [0.29, 0.717) is 0 Å². The van der Waals surface area contributed by atoms with E-state index in [1.54, 1.807) is 29.2 Å². The fourth-order valence-corrected chi connectivity index (χ4v) is 1.44. The Hall–Kier alpha value is -1.95. The van der Waals surface area contributed by atoms with Crippen molar-refractivity contribution in [2.45, 2.75) is 12.5 Å². The quantitative estimate of drug-likeness (QED) is 0.807. The zero-order valence-electron chi connectivity index (χ0n) is 8.70. The van der Waals surface area contributed by atoms with E-state index in [-0.39, 0.29) is 6.42 Å². The zero-order chi connectivity index (χ0) is 11.5. The molecule has 2 heterocycles. The van der Waals surface area contributed by atoms with E-state index in [9.17, 15) is 4.79 Å². The molecule has 0 aromatic carbocycles. The molecule has 0 spiro atoms. The predicted octanol–water partition coefficient (Wildman–Crippen LogP) is 0.371. The van der Waals surface area contributed by atoms with Crippen molar-refractivity contribution in [3.8, 4) is 0 Å². The van der Waals surface area contributed by atoms with Crippen molar-refractivity contribution in [3.63, 3.8) is 0 Å². The lowest BCUT2D eigenvalue weighted by molar-refractivity contribution is -0.148. The first kappa shape index (κ1) is 10.6. The summed E-state index contributed by atoms with van der Waals surface area (Å²) in [6.45, 7) is 0. The Kier molecular flexibility index (Phi) is 2.82. The van der Waals surface area contributed by atoms with E-state index in [4.69, 9.17) is 9.84 Å². The number of fused-ring (bicyclic) bond motifs is 1. The topological polar surface area (TPSA) is 76.7 Å². The Balaban J connectivity index is 2.23. The summed E-state index contributed by atoms with van der Waals surface area (Å²) < 4.78 is 6.45. The summed E-state index contributed by atoms with van der Waals surface area (Å²) >= 11 is 0. The van der Waals surface area contributed by atoms with Crippen molar-refractivity contribution >= 4 is 11.6 Å². The van der Waals surface area contributed by atoms with Gasteiger partial charge in [0.2, 0.25) is 0 Å². The summed E-state index contributed by atoms with van der Waals surface area (Å²) in [6, 6.07) is 1.77. The molecule has 0 aliphatic rings. The first-order valence-corrected chi connectivity index (χ1v) is 4.74. The number of aromatic nitrogens is 3. The lowest BCUT2D eigenvalue weighted by Crippen LogP contribution is -2.25. The molecule has 16 heavy (non-hydrogen) atoms. The van der Waals surface area contributed by atoms with Gasteiger partial charge in [0.05, 0.1) is 6.20 Å². The number of carbonyl (C=O) groups is 1. The van der Waals surface area contributed by atoms with Gasteiger partial charge in [-0.05, 0) is 5.56 Å². The average molecular weight is 221 g/mol. The van der Waals surface area contributed by atoms with Gasteiger partial charge in [-0.25, -0.2) is 14.3 Å². The minimum Gasteiger partial charge on any atom is -0.479 e. The molecule has 1 unspecified atom stereocenters. The van der Waals surface area contributed by atoms with Crippen LogP contribution in [0, 0.1) is 0 Å². The smallest absolute Gasteiger partial charge is 0.333 e. The predicted molar refractivity (Wildman–Crippen MR) is 55.1 cm³/mol. The van der Waals surface area contributed by atoms with Gasteiger partial charge in [-0.3, -0.25) is 0 Å². The minimum absolute atomic E-state index is 0.272. The van der Waals surface area contributed by atoms with Crippen LogP contribution in [0.3, 0.4) is 0 Å². The third-order valence-corrected chi connectivity index (χ3v) is 2.28. The number of methoxy groups -OCH3 is 1. The van der Waals surface area contributed by atoms with Crippen LogP contribution in [0.25, 0.3) is 5.65 Å². The molecule has 0 saturated heterocycles. The maximum atomic E-state index is 10.8. The molecule has 0 saturated carbocycles. The highest BCUT2D eigenvalue weighted by Crippen LogP contribution is 2.06. The summed E-state index contributed by atoms with van der Waals surface area (Å²) in [5.41, 5.74) is 1.50. The van der Waals surface area contributed by atoms with E-state index in [0.717, 1.165) is 11.2 Å². The molecular formula is C10H11N3O3. The van der Waals surface area contributed by atoms with Gasteiger partial charge >= 0.3 is 5.97 Å². The fraction of sp³-hybridized carbons (Fsp3) is 0.300. The SMILES string of the molecule is COC(Cc1cnc2ccnn2c1)C(=O)O. The Labute approximate surface area is 91.5 Å². The second-order valence-corrected chi connectivity index (χ2v) is 3.36. The molecule has 0 aliphatic carbocycles. The van der Waals surface area contributed by atoms with Crippen LogP contribution in [0.1, 0.15) is 5.56 Å². The van der Waals surface area contributed by atoms with Crippen LogP contribution < -0.4 is 0 Å². The first-order valence-electron chi connectivity index (χ1n) is 4.74. The van der Waals surface area contributed by atoms with E-state index >= 15 is 0 Å². The number of hydrogen-bond acceptors (Lipinski definition) is 4. The third kappa shape index (κ3) is 2.01. The highest BCUT2D eigenvalue weighted by atomic mass is 16.5. The van der Waals surface area contributed by atoms with Gasteiger partial charge in [0.1, 0.15) is 0 Å². The minimum atomic E-state index is -0.983. The molecule has 0 amide bonds. The summed E-state index contributed by atoms with van der Waals surface area (Å²) in [6.07, 6.45) is 4.43. The van der Waals surface area contributed by atoms with Crippen LogP contribution in [-0.4, -0.2) is 38.9 Å². The molecule has 0 fully saturated rings. The molecule has 2 rings (SSSR count). The van der Waals surface area contributed by atoms with E-state index < -0.39 is 12.1 Å². The number of nitrogens with zero attached hydrogens (tertiary/aromatic N) is 3. The third-order valence-electron chi connectivity index (χ3n) is 2.28. The van der Waals surface area contributed by atoms with Crippen LogP contribution in [0.4, 0.5) is 0 Å². The Morgan fingerprint density at radius 1 is 1.69 bits per heavy atom. The van der Waals surface area contributed by atoms with Crippen molar-refractivity contribution in [1.29, 1.82) is 0 Å². The second kappa shape index (κ2) is 4.28. The van der Waals surface area contributed by atoms with E-state index in [1.807, 2.05) is 0 Å². The monoisotopic (exact) mass is 221 g/mol. The summed E-state index contributed by atoms with van der Waals surface area (Å²) in [5.74, 6) is -0.983. The fourth-order valence-electron chi connectivity index (χ4n) is 1.44. The molecule has 1 N–H and O–H groups in total. The van der Waals surface area contributed by atoms with E-state index in [2.05, 4.69) is 10.1 Å². The highest BCUT2D eigenvalue weighted by Gasteiger charge is 2.17. The standard InChI is InChI=1S/C10H11N3O3/c1-16-8(10(14)15)4-7-5-11-9-2-3-12-13(9)6-7/h2-3,5-6,8H,4H2,1H3,(H,14,15). The van der Waals surface area contributed by atoms with Crippen LogP contribution in [-0.2, 0) is 16.0 Å². The number of carboxylic acid groups (broad SMARTS) is 1. The lowest BCUT2D eigenvalue weighted by atomic mass is 10.1. The summed E-state index contributed by atoms with van der Waals surface area (Å²) in [4.78, 5) is 14.9. The van der Waals surface area contributed by atoms with Gasteiger partial charge in [-0.15, -0.1) is 0 Å². The molecule has 0 radical (unpaired) electrons. The van der Waals surface area contributed by atoms with Gasteiger partial charge in [-0.2, -0.15) is 5.10 Å². The van der Waals surface area contributed by atoms with Crippen molar-refractivity contribution in [3.05, 3.63) is 30.2 Å². The van der Waals surface area contributed by atoms with E-state index in [1.165, 1.54) is 7.11 Å². The maximum absolute atomic E-state index is 10.8. The molecule has 2 aromatic rings. The average Bonchev–Trinajstić information content (AvgIpc) is 2.72. The van der Waals surface area contributed by atoms with Gasteiger partial charge < -0.3 is 9.84 Å². The van der Waals surface area contributed by atoms with Gasteiger partial charge in [0.25, 0.3) is 0 Å². The van der Waals surface area contributed by atoms with Crippen LogP contribution in [0.15, 0.2) is 24.7 Å². The van der Waals surface area contributed by atoms with Crippen molar-refractivity contribution < 1.29 is 14.6 Å². The van der Waals surface area contributed by atoms with Crippen molar-refractivity contribution in [2.24, 2.45) is 0 Å². The van der Waals surface area contributed by atoms with Gasteiger partial charge in [0, 0.05) is 32.0 Å². The number of carboxylic acids is 1. The lowest BCUT2D eigenvalue weighted by Gasteiger charge is -2.09. The number of hydrogen-bond donors (Lipinski definition) is 1. The van der Waals surface area contributed by atoms with Crippen molar-refractivity contribution in [2.75, 3.05) is 7.11 Å². The zero-order valence-corrected chi connectivity index (χ0v) is 8.70. The summed E-state index contributed by atoms with van der Waals surface area (Å²) in [7, 11) is 1.37.